The van der Waals surface area contributed by atoms with Gasteiger partial charge in [-0.15, -0.1) is 0 Å². The lowest BCUT2D eigenvalue weighted by Gasteiger charge is -2.20. The number of carbonyl (C=O) groups is 1. The van der Waals surface area contributed by atoms with Gasteiger partial charge in [-0.1, -0.05) is 12.1 Å². The molecule has 2 rings (SSSR count). The van der Waals surface area contributed by atoms with Crippen molar-refractivity contribution in [1.29, 1.82) is 0 Å². The van der Waals surface area contributed by atoms with Crippen LogP contribution in [0.5, 0.6) is 0 Å². The molecule has 1 saturated heterocycles. The summed E-state index contributed by atoms with van der Waals surface area (Å²) < 4.78 is 13.9. The number of nitro groups is 1. The number of nitrogens with zero attached hydrogens (tertiary/aromatic N) is 2. The molecule has 1 fully saturated rings. The van der Waals surface area contributed by atoms with Crippen molar-refractivity contribution in [2.45, 2.75) is 25.1 Å². The molecule has 1 aliphatic heterocycles. The van der Waals surface area contributed by atoms with Gasteiger partial charge in [-0.2, -0.15) is 4.39 Å². The Balaban J connectivity index is 2.24. The predicted octanol–water partition coefficient (Wildman–Crippen LogP) is 0.754. The number of carboxylic acids is 1. The van der Waals surface area contributed by atoms with E-state index in [1.54, 1.807) is 0 Å². The van der Waals surface area contributed by atoms with Gasteiger partial charge in [-0.25, -0.2) is 0 Å². The van der Waals surface area contributed by atoms with Crippen molar-refractivity contribution in [2.24, 2.45) is 0 Å². The summed E-state index contributed by atoms with van der Waals surface area (Å²) in [5.41, 5.74) is -0.603. The van der Waals surface area contributed by atoms with E-state index >= 15 is 0 Å². The quantitative estimate of drug-likeness (QED) is 0.624. The minimum Gasteiger partial charge on any atom is -0.480 e. The van der Waals surface area contributed by atoms with Crippen molar-refractivity contribution in [3.63, 3.8) is 0 Å². The van der Waals surface area contributed by atoms with E-state index in [0.717, 1.165) is 6.07 Å². The molecular formula is C12H13FN2O5. The number of nitro benzene ring substituents is 1. The van der Waals surface area contributed by atoms with Gasteiger partial charge in [0.25, 0.3) is 0 Å². The van der Waals surface area contributed by atoms with Crippen LogP contribution in [0.1, 0.15) is 12.0 Å². The SMILES string of the molecule is O=C(O)C1CC(O)CN1Cc1cccc([N+](=O)[O-])c1F. The van der Waals surface area contributed by atoms with Gasteiger partial charge >= 0.3 is 11.7 Å². The summed E-state index contributed by atoms with van der Waals surface area (Å²) >= 11 is 0. The monoisotopic (exact) mass is 284 g/mol. The van der Waals surface area contributed by atoms with Gasteiger partial charge in [-0.05, 0) is 0 Å². The van der Waals surface area contributed by atoms with Crippen LogP contribution < -0.4 is 0 Å². The molecule has 1 heterocycles. The number of aliphatic hydroxyl groups is 1. The van der Waals surface area contributed by atoms with Crippen LogP contribution in [0.2, 0.25) is 0 Å². The Labute approximate surface area is 113 Å². The highest BCUT2D eigenvalue weighted by Crippen LogP contribution is 2.25. The fraction of sp³-hybridized carbons (Fsp3) is 0.417. The summed E-state index contributed by atoms with van der Waals surface area (Å²) in [6.45, 7) is 0.000634. The Morgan fingerprint density at radius 2 is 2.25 bits per heavy atom. The van der Waals surface area contributed by atoms with Crippen LogP contribution in [0.15, 0.2) is 18.2 Å². The molecule has 0 spiro atoms. The third kappa shape index (κ3) is 2.75. The topological polar surface area (TPSA) is 104 Å². The molecule has 0 saturated carbocycles. The van der Waals surface area contributed by atoms with Crippen molar-refractivity contribution in [3.05, 3.63) is 39.7 Å². The number of aliphatic carboxylic acids is 1. The lowest BCUT2D eigenvalue weighted by atomic mass is 10.1. The van der Waals surface area contributed by atoms with Crippen molar-refractivity contribution in [1.82, 2.24) is 4.90 Å². The van der Waals surface area contributed by atoms with Crippen LogP contribution in [0.3, 0.4) is 0 Å². The third-order valence-corrected chi connectivity index (χ3v) is 3.29. The molecule has 2 unspecified atom stereocenters. The maximum Gasteiger partial charge on any atom is 0.321 e. The Bertz CT molecular complexity index is 551. The summed E-state index contributed by atoms with van der Waals surface area (Å²) in [5, 5.41) is 29.2. The molecular weight excluding hydrogens is 271 g/mol. The molecule has 1 aliphatic rings. The number of hydrogen-bond donors (Lipinski definition) is 2. The smallest absolute Gasteiger partial charge is 0.321 e. The first-order valence-electron chi connectivity index (χ1n) is 5.97. The number of carboxylic acid groups (broad SMARTS) is 1. The van der Waals surface area contributed by atoms with E-state index in [1.165, 1.54) is 17.0 Å². The van der Waals surface area contributed by atoms with Gasteiger partial charge in [0, 0.05) is 31.1 Å². The Morgan fingerprint density at radius 1 is 1.55 bits per heavy atom. The first-order chi connectivity index (χ1) is 9.40. The molecule has 0 amide bonds. The van der Waals surface area contributed by atoms with Gasteiger partial charge in [-0.3, -0.25) is 19.8 Å². The molecule has 0 radical (unpaired) electrons. The number of halogens is 1. The molecule has 0 bridgehead atoms. The fourth-order valence-electron chi connectivity index (χ4n) is 2.36. The minimum atomic E-state index is -1.10. The summed E-state index contributed by atoms with van der Waals surface area (Å²) in [6, 6.07) is 2.85. The molecule has 0 aliphatic carbocycles. The largest absolute Gasteiger partial charge is 0.480 e. The first kappa shape index (κ1) is 14.4. The summed E-state index contributed by atoms with van der Waals surface area (Å²) in [6.07, 6.45) is -0.732. The van der Waals surface area contributed by atoms with E-state index in [1.807, 2.05) is 0 Å². The van der Waals surface area contributed by atoms with Crippen LogP contribution >= 0.6 is 0 Å². The zero-order valence-electron chi connectivity index (χ0n) is 10.4. The molecule has 2 atom stereocenters. The summed E-state index contributed by atoms with van der Waals surface area (Å²) in [4.78, 5) is 22.3. The molecule has 1 aromatic carbocycles. The zero-order chi connectivity index (χ0) is 14.9. The number of hydrogen-bond acceptors (Lipinski definition) is 5. The molecule has 8 heteroatoms. The number of rotatable bonds is 4. The Kier molecular flexibility index (Phi) is 3.96. The van der Waals surface area contributed by atoms with Crippen LogP contribution in [-0.2, 0) is 11.3 Å². The lowest BCUT2D eigenvalue weighted by Crippen LogP contribution is -2.35. The second-order valence-corrected chi connectivity index (χ2v) is 4.68. The van der Waals surface area contributed by atoms with E-state index in [4.69, 9.17) is 5.11 Å². The zero-order valence-corrected chi connectivity index (χ0v) is 10.4. The van der Waals surface area contributed by atoms with Crippen LogP contribution in [0.4, 0.5) is 10.1 Å². The van der Waals surface area contributed by atoms with Gasteiger partial charge in [0.2, 0.25) is 5.82 Å². The van der Waals surface area contributed by atoms with E-state index < -0.39 is 34.5 Å². The highest BCUT2D eigenvalue weighted by atomic mass is 19.1. The normalized spacial score (nSPS) is 22.9. The average molecular weight is 284 g/mol. The van der Waals surface area contributed by atoms with E-state index in [0.29, 0.717) is 0 Å². The summed E-state index contributed by atoms with van der Waals surface area (Å²) in [5.74, 6) is -2.07. The van der Waals surface area contributed by atoms with E-state index in [-0.39, 0.29) is 25.1 Å². The maximum absolute atomic E-state index is 13.9. The number of β-amino-alcohol motifs (C(OH)–C–C–N with tert-alkyl or cyclic N) is 1. The molecule has 7 nitrogen and oxygen atoms in total. The van der Waals surface area contributed by atoms with Crippen molar-refractivity contribution >= 4 is 11.7 Å². The maximum atomic E-state index is 13.9. The van der Waals surface area contributed by atoms with Crippen LogP contribution in [-0.4, -0.2) is 44.7 Å². The van der Waals surface area contributed by atoms with Crippen LogP contribution in [0.25, 0.3) is 0 Å². The third-order valence-electron chi connectivity index (χ3n) is 3.29. The Morgan fingerprint density at radius 3 is 2.85 bits per heavy atom. The standard InChI is InChI=1S/C12H13FN2O5/c13-11-7(2-1-3-9(11)15(19)20)5-14-6-8(16)4-10(14)12(17)18/h1-3,8,10,16H,4-6H2,(H,17,18). The van der Waals surface area contributed by atoms with E-state index in [9.17, 15) is 24.4 Å². The summed E-state index contributed by atoms with van der Waals surface area (Å²) in [7, 11) is 0. The number of aliphatic hydroxyl groups excluding tert-OH is 1. The second-order valence-electron chi connectivity index (χ2n) is 4.68. The van der Waals surface area contributed by atoms with Gasteiger partial charge in [0.05, 0.1) is 11.0 Å². The van der Waals surface area contributed by atoms with Gasteiger partial charge < -0.3 is 10.2 Å². The molecule has 2 N–H and O–H groups in total. The lowest BCUT2D eigenvalue weighted by molar-refractivity contribution is -0.387. The predicted molar refractivity (Wildman–Crippen MR) is 65.5 cm³/mol. The second kappa shape index (κ2) is 5.51. The Hall–Kier alpha value is -2.06. The highest BCUT2D eigenvalue weighted by Gasteiger charge is 2.36. The molecule has 20 heavy (non-hydrogen) atoms. The molecule has 1 aromatic rings. The fourth-order valence-corrected chi connectivity index (χ4v) is 2.36. The van der Waals surface area contributed by atoms with Crippen LogP contribution in [0, 0.1) is 15.9 Å². The highest BCUT2D eigenvalue weighted by molar-refractivity contribution is 5.74. The van der Waals surface area contributed by atoms with Gasteiger partial charge in [0.1, 0.15) is 6.04 Å². The van der Waals surface area contributed by atoms with Crippen molar-refractivity contribution in [2.75, 3.05) is 6.54 Å². The molecule has 108 valence electrons. The number of likely N-dealkylation sites (tertiary alicyclic amines) is 1. The van der Waals surface area contributed by atoms with Crippen molar-refractivity contribution < 1.29 is 24.3 Å². The average Bonchev–Trinajstić information content (AvgIpc) is 2.73. The minimum absolute atomic E-state index is 0.0413. The van der Waals surface area contributed by atoms with Gasteiger partial charge in [0.15, 0.2) is 0 Å². The molecule has 0 aromatic heterocycles. The number of benzene rings is 1. The van der Waals surface area contributed by atoms with E-state index in [2.05, 4.69) is 0 Å². The first-order valence-corrected chi connectivity index (χ1v) is 5.97. The van der Waals surface area contributed by atoms with Crippen molar-refractivity contribution in [3.8, 4) is 0 Å².